The van der Waals surface area contributed by atoms with Gasteiger partial charge in [-0.2, -0.15) is 0 Å². The highest BCUT2D eigenvalue weighted by molar-refractivity contribution is 5.95. The van der Waals surface area contributed by atoms with Crippen molar-refractivity contribution in [3.05, 3.63) is 63.7 Å². The number of aromatic carboxylic acids is 1. The van der Waals surface area contributed by atoms with E-state index in [-0.39, 0.29) is 17.9 Å². The van der Waals surface area contributed by atoms with Gasteiger partial charge in [0, 0.05) is 12.5 Å². The Morgan fingerprint density at radius 1 is 1.17 bits per heavy atom. The van der Waals surface area contributed by atoms with Crippen molar-refractivity contribution in [2.45, 2.75) is 13.5 Å². The zero-order valence-corrected chi connectivity index (χ0v) is 12.6. The van der Waals surface area contributed by atoms with E-state index in [4.69, 9.17) is 4.74 Å². The van der Waals surface area contributed by atoms with E-state index in [9.17, 15) is 24.8 Å². The van der Waals surface area contributed by atoms with Crippen LogP contribution >= 0.6 is 0 Å². The van der Waals surface area contributed by atoms with Gasteiger partial charge >= 0.3 is 11.9 Å². The van der Waals surface area contributed by atoms with Gasteiger partial charge in [0.1, 0.15) is 12.2 Å². The molecule has 0 fully saturated rings. The van der Waals surface area contributed by atoms with Crippen molar-refractivity contribution >= 4 is 11.9 Å². The van der Waals surface area contributed by atoms with Crippen LogP contribution in [0.5, 0.6) is 5.75 Å². The molecule has 24 heavy (non-hydrogen) atoms. The predicted molar refractivity (Wildman–Crippen MR) is 81.9 cm³/mol. The molecule has 0 amide bonds. The Balaban J connectivity index is 2.40. The number of para-hydroxylation sites is 1. The number of carboxylic acids is 1. The molecule has 0 aromatic heterocycles. The van der Waals surface area contributed by atoms with E-state index >= 15 is 0 Å². The van der Waals surface area contributed by atoms with Crippen LogP contribution < -0.4 is 4.74 Å². The van der Waals surface area contributed by atoms with Gasteiger partial charge in [-0.15, -0.1) is 10.1 Å². The Bertz CT molecular complexity index is 784. The van der Waals surface area contributed by atoms with Gasteiger partial charge in [0.25, 0.3) is 5.09 Å². The monoisotopic (exact) mass is 331 g/mol. The molecule has 0 saturated heterocycles. The summed E-state index contributed by atoms with van der Waals surface area (Å²) in [5, 5.41) is 18.5. The molecule has 0 radical (unpaired) electrons. The summed E-state index contributed by atoms with van der Waals surface area (Å²) in [6.07, 6.45) is 0. The fourth-order valence-corrected chi connectivity index (χ4v) is 2.09. The molecular weight excluding hydrogens is 318 g/mol. The zero-order valence-electron chi connectivity index (χ0n) is 12.6. The molecule has 0 atom stereocenters. The molecule has 2 aromatic carbocycles. The minimum absolute atomic E-state index is 0.0493. The summed E-state index contributed by atoms with van der Waals surface area (Å²) in [6.45, 7) is 0.986. The molecule has 0 heterocycles. The molecule has 0 unspecified atom stereocenters. The third kappa shape index (κ3) is 4.07. The molecule has 1 N–H and O–H groups in total. The molecule has 0 spiro atoms. The second-order valence-corrected chi connectivity index (χ2v) is 4.78. The molecule has 0 aliphatic carbocycles. The van der Waals surface area contributed by atoms with E-state index in [0.29, 0.717) is 16.7 Å². The van der Waals surface area contributed by atoms with Crippen LogP contribution in [0.1, 0.15) is 22.8 Å². The van der Waals surface area contributed by atoms with Gasteiger partial charge in [0.05, 0.1) is 0 Å². The van der Waals surface area contributed by atoms with Crippen molar-refractivity contribution in [1.82, 2.24) is 0 Å². The number of hydrogen-bond donors (Lipinski definition) is 1. The Labute approximate surface area is 136 Å². The van der Waals surface area contributed by atoms with Gasteiger partial charge in [-0.05, 0) is 17.2 Å². The summed E-state index contributed by atoms with van der Waals surface area (Å²) in [7, 11) is 0. The van der Waals surface area contributed by atoms with Crippen LogP contribution in [-0.4, -0.2) is 22.1 Å². The first-order valence-corrected chi connectivity index (χ1v) is 6.80. The van der Waals surface area contributed by atoms with Gasteiger partial charge in [0.15, 0.2) is 5.75 Å². The second-order valence-electron chi connectivity index (χ2n) is 4.78. The Morgan fingerprint density at radius 3 is 2.38 bits per heavy atom. The summed E-state index contributed by atoms with van der Waals surface area (Å²) in [4.78, 5) is 37.1. The topological polar surface area (TPSA) is 116 Å². The predicted octanol–water partition coefficient (Wildman–Crippen LogP) is 2.69. The van der Waals surface area contributed by atoms with Crippen LogP contribution in [0.3, 0.4) is 0 Å². The number of hydrogen-bond acceptors (Lipinski definition) is 6. The normalized spacial score (nSPS) is 10.0. The molecule has 8 nitrogen and oxygen atoms in total. The summed E-state index contributed by atoms with van der Waals surface area (Å²) in [6, 6.07) is 11.0. The third-order valence-electron chi connectivity index (χ3n) is 3.09. The fraction of sp³-hybridized carbons (Fsp3) is 0.125. The number of benzene rings is 2. The maximum Gasteiger partial charge on any atom is 0.339 e. The van der Waals surface area contributed by atoms with Gasteiger partial charge < -0.3 is 14.7 Å². The molecule has 0 bridgehead atoms. The highest BCUT2D eigenvalue weighted by Gasteiger charge is 2.18. The van der Waals surface area contributed by atoms with E-state index in [2.05, 4.69) is 4.84 Å². The Morgan fingerprint density at radius 2 is 1.83 bits per heavy atom. The average Bonchev–Trinajstić information content (AvgIpc) is 2.53. The van der Waals surface area contributed by atoms with Crippen molar-refractivity contribution in [2.24, 2.45) is 0 Å². The summed E-state index contributed by atoms with van der Waals surface area (Å²) in [5.41, 5.74) is 1.45. The van der Waals surface area contributed by atoms with Crippen molar-refractivity contribution < 1.29 is 29.4 Å². The van der Waals surface area contributed by atoms with Crippen LogP contribution in [0.2, 0.25) is 0 Å². The number of rotatable bonds is 6. The number of ether oxygens (including phenoxy) is 1. The van der Waals surface area contributed by atoms with E-state index in [1.54, 1.807) is 30.3 Å². The minimum atomic E-state index is -1.22. The molecular formula is C16H13NO7. The van der Waals surface area contributed by atoms with Gasteiger partial charge in [-0.3, -0.25) is 4.79 Å². The molecule has 2 aromatic rings. The number of carboxylic acid groups (broad SMARTS) is 1. The van der Waals surface area contributed by atoms with Crippen LogP contribution in [0, 0.1) is 10.1 Å². The van der Waals surface area contributed by atoms with E-state index < -0.39 is 17.0 Å². The number of esters is 1. The quantitative estimate of drug-likeness (QED) is 0.374. The number of carbonyl (C=O) groups is 2. The van der Waals surface area contributed by atoms with Crippen molar-refractivity contribution in [3.63, 3.8) is 0 Å². The number of carbonyl (C=O) groups excluding carboxylic acids is 1. The smallest absolute Gasteiger partial charge is 0.339 e. The zero-order chi connectivity index (χ0) is 17.7. The largest absolute Gasteiger partial charge is 0.478 e. The Hall–Kier alpha value is -3.42. The highest BCUT2D eigenvalue weighted by Crippen LogP contribution is 2.33. The lowest BCUT2D eigenvalue weighted by Crippen LogP contribution is -2.08. The van der Waals surface area contributed by atoms with Gasteiger partial charge in [-0.1, -0.05) is 36.4 Å². The molecule has 0 saturated carbocycles. The first-order chi connectivity index (χ1) is 11.4. The lowest BCUT2D eigenvalue weighted by atomic mass is 10.00. The van der Waals surface area contributed by atoms with E-state index in [1.165, 1.54) is 19.1 Å². The van der Waals surface area contributed by atoms with Crippen molar-refractivity contribution in [3.8, 4) is 16.9 Å². The van der Waals surface area contributed by atoms with Crippen molar-refractivity contribution in [2.75, 3.05) is 0 Å². The van der Waals surface area contributed by atoms with Crippen LogP contribution in [-0.2, 0) is 16.2 Å². The summed E-state index contributed by atoms with van der Waals surface area (Å²) >= 11 is 0. The second kappa shape index (κ2) is 7.23. The maximum atomic E-state index is 11.3. The molecule has 124 valence electrons. The van der Waals surface area contributed by atoms with Crippen LogP contribution in [0.25, 0.3) is 11.1 Å². The van der Waals surface area contributed by atoms with Crippen LogP contribution in [0.4, 0.5) is 0 Å². The van der Waals surface area contributed by atoms with E-state index in [1.807, 2.05) is 0 Å². The summed E-state index contributed by atoms with van der Waals surface area (Å²) < 4.78 is 5.07. The van der Waals surface area contributed by atoms with Crippen molar-refractivity contribution in [1.29, 1.82) is 0 Å². The lowest BCUT2D eigenvalue weighted by Gasteiger charge is -2.12. The molecule has 8 heteroatoms. The molecule has 0 aliphatic rings. The highest BCUT2D eigenvalue weighted by atomic mass is 16.9. The first kappa shape index (κ1) is 16.9. The lowest BCUT2D eigenvalue weighted by molar-refractivity contribution is -0.763. The fourth-order valence-electron chi connectivity index (χ4n) is 2.09. The maximum absolute atomic E-state index is 11.3. The molecule has 2 rings (SSSR count). The standard InChI is InChI=1S/C16H13NO7/c1-10(18)24-15-13(3-2-4-14(15)16(19)20)12-7-5-11(6-8-12)9-23-17(21)22/h2-8H,9H2,1H3,(H,19,20). The minimum Gasteiger partial charge on any atom is -0.478 e. The first-order valence-electron chi connectivity index (χ1n) is 6.80. The summed E-state index contributed by atoms with van der Waals surface area (Å²) in [5.74, 6) is -1.91. The number of nitrogens with zero attached hydrogens (tertiary/aromatic N) is 1. The van der Waals surface area contributed by atoms with E-state index in [0.717, 1.165) is 0 Å². The SMILES string of the molecule is CC(=O)Oc1c(C(=O)O)cccc1-c1ccc(CO[N+](=O)[O-])cc1. The average molecular weight is 331 g/mol. The molecule has 0 aliphatic heterocycles. The van der Waals surface area contributed by atoms with Crippen LogP contribution in [0.15, 0.2) is 42.5 Å². The Kier molecular flexibility index (Phi) is 5.10. The van der Waals surface area contributed by atoms with Gasteiger partial charge in [-0.25, -0.2) is 4.79 Å². The third-order valence-corrected chi connectivity index (χ3v) is 3.09. The van der Waals surface area contributed by atoms with Gasteiger partial charge in [0.2, 0.25) is 0 Å².